The number of methoxy groups -OCH3 is 1. The maximum atomic E-state index is 13.3. The second-order valence-corrected chi connectivity index (χ2v) is 8.31. The fourth-order valence-electron chi connectivity index (χ4n) is 4.48. The van der Waals surface area contributed by atoms with Crippen LogP contribution in [-0.2, 0) is 19.8 Å². The summed E-state index contributed by atoms with van der Waals surface area (Å²) in [6.07, 6.45) is 4.69. The normalized spacial score (nSPS) is 21.7. The fraction of sp³-hybridized carbons (Fsp3) is 0.417. The van der Waals surface area contributed by atoms with Crippen molar-refractivity contribution in [2.24, 2.45) is 0 Å². The Hall–Kier alpha value is -3.42. The Balaban J connectivity index is 1.48. The zero-order chi connectivity index (χ0) is 22.7. The molecule has 2 saturated heterocycles. The quantitative estimate of drug-likeness (QED) is 0.644. The number of carbonyl (C=O) groups excluding carboxylic acids is 3. The van der Waals surface area contributed by atoms with Crippen molar-refractivity contribution in [1.82, 2.24) is 14.8 Å². The number of nitrogens with zero attached hydrogens (tertiary/aromatic N) is 3. The maximum Gasteiger partial charge on any atom is 0.240 e. The molecule has 8 nitrogen and oxygen atoms in total. The Morgan fingerprint density at radius 1 is 1.16 bits per heavy atom. The van der Waals surface area contributed by atoms with Gasteiger partial charge in [0.1, 0.15) is 17.6 Å². The number of benzene rings is 1. The summed E-state index contributed by atoms with van der Waals surface area (Å²) in [5, 5.41) is 0. The zero-order valence-electron chi connectivity index (χ0n) is 18.3. The molecular weight excluding hydrogens is 410 g/mol. The van der Waals surface area contributed by atoms with Crippen molar-refractivity contribution >= 4 is 17.7 Å². The van der Waals surface area contributed by atoms with Crippen LogP contribution in [0, 0.1) is 0 Å². The highest BCUT2D eigenvalue weighted by Gasteiger charge is 2.53. The lowest BCUT2D eigenvalue weighted by Gasteiger charge is -2.35. The zero-order valence-corrected chi connectivity index (χ0v) is 18.3. The van der Waals surface area contributed by atoms with Crippen LogP contribution in [0.2, 0.25) is 0 Å². The average Bonchev–Trinajstić information content (AvgIpc) is 3.04. The van der Waals surface area contributed by atoms with Gasteiger partial charge in [0.05, 0.1) is 18.7 Å². The highest BCUT2D eigenvalue weighted by atomic mass is 16.5. The molecule has 0 spiro atoms. The van der Waals surface area contributed by atoms with Crippen molar-refractivity contribution in [1.29, 1.82) is 0 Å². The van der Waals surface area contributed by atoms with E-state index in [1.54, 1.807) is 48.7 Å². The molecule has 1 atom stereocenters. The van der Waals surface area contributed by atoms with Crippen molar-refractivity contribution in [2.45, 2.75) is 37.2 Å². The third-order valence-corrected chi connectivity index (χ3v) is 6.35. The number of amides is 3. The Labute approximate surface area is 187 Å². The molecule has 0 N–H and O–H groups in total. The Bertz CT molecular complexity index is 1000. The number of rotatable bonds is 6. The lowest BCUT2D eigenvalue weighted by atomic mass is 9.75. The van der Waals surface area contributed by atoms with E-state index in [1.165, 1.54) is 7.05 Å². The van der Waals surface area contributed by atoms with Gasteiger partial charge in [-0.1, -0.05) is 12.1 Å². The number of aromatic nitrogens is 1. The molecule has 0 saturated carbocycles. The minimum absolute atomic E-state index is 0.0106. The van der Waals surface area contributed by atoms with E-state index in [9.17, 15) is 14.4 Å². The van der Waals surface area contributed by atoms with Gasteiger partial charge < -0.3 is 14.4 Å². The second-order valence-electron chi connectivity index (χ2n) is 8.31. The molecule has 1 aromatic heterocycles. The first-order valence-corrected chi connectivity index (χ1v) is 10.7. The average molecular weight is 437 g/mol. The Kier molecular flexibility index (Phi) is 6.12. The van der Waals surface area contributed by atoms with Crippen molar-refractivity contribution < 1.29 is 23.9 Å². The van der Waals surface area contributed by atoms with Crippen LogP contribution in [0.25, 0.3) is 0 Å². The number of carbonyl (C=O) groups is 3. The monoisotopic (exact) mass is 437 g/mol. The summed E-state index contributed by atoms with van der Waals surface area (Å²) in [6, 6.07) is 10.8. The van der Waals surface area contributed by atoms with Crippen molar-refractivity contribution in [3.05, 3.63) is 54.4 Å². The molecular formula is C24H27N3O5. The molecule has 2 aromatic rings. The van der Waals surface area contributed by atoms with Gasteiger partial charge in [-0.3, -0.25) is 24.3 Å². The van der Waals surface area contributed by atoms with Gasteiger partial charge in [-0.05, 0) is 29.8 Å². The summed E-state index contributed by atoms with van der Waals surface area (Å²) < 4.78 is 11.3. The molecule has 2 aliphatic heterocycles. The van der Waals surface area contributed by atoms with Crippen LogP contribution in [0.3, 0.4) is 0 Å². The number of hydrogen-bond donors (Lipinski definition) is 0. The molecule has 168 valence electrons. The van der Waals surface area contributed by atoms with E-state index in [0.29, 0.717) is 43.0 Å². The second kappa shape index (κ2) is 8.98. The number of pyridine rings is 1. The molecule has 4 rings (SSSR count). The lowest BCUT2D eigenvalue weighted by molar-refractivity contribution is -0.142. The number of imide groups is 1. The van der Waals surface area contributed by atoms with Crippen molar-refractivity contribution in [2.75, 3.05) is 27.2 Å². The molecule has 3 heterocycles. The molecule has 32 heavy (non-hydrogen) atoms. The van der Waals surface area contributed by atoms with E-state index in [4.69, 9.17) is 9.47 Å². The van der Waals surface area contributed by atoms with Crippen LogP contribution in [0.5, 0.6) is 11.5 Å². The van der Waals surface area contributed by atoms with Gasteiger partial charge in [-0.15, -0.1) is 0 Å². The summed E-state index contributed by atoms with van der Waals surface area (Å²) in [5.74, 6) is 0.530. The molecule has 0 radical (unpaired) electrons. The highest BCUT2D eigenvalue weighted by Crippen LogP contribution is 2.41. The first kappa shape index (κ1) is 21.8. The molecule has 0 aliphatic carbocycles. The number of hydrogen-bond acceptors (Lipinski definition) is 6. The third-order valence-electron chi connectivity index (χ3n) is 6.35. The van der Waals surface area contributed by atoms with Crippen LogP contribution in [0.4, 0.5) is 0 Å². The summed E-state index contributed by atoms with van der Waals surface area (Å²) in [5.41, 5.74) is -0.580. The van der Waals surface area contributed by atoms with Gasteiger partial charge in [0.2, 0.25) is 17.7 Å². The largest absolute Gasteiger partial charge is 0.497 e. The van der Waals surface area contributed by atoms with Gasteiger partial charge in [0.15, 0.2) is 0 Å². The van der Waals surface area contributed by atoms with Crippen LogP contribution >= 0.6 is 0 Å². The van der Waals surface area contributed by atoms with Gasteiger partial charge in [0.25, 0.3) is 0 Å². The molecule has 1 unspecified atom stereocenters. The molecule has 3 amide bonds. The van der Waals surface area contributed by atoms with Crippen LogP contribution in [0.15, 0.2) is 48.8 Å². The number of piperidine rings is 1. The summed E-state index contributed by atoms with van der Waals surface area (Å²) >= 11 is 0. The van der Waals surface area contributed by atoms with Gasteiger partial charge in [-0.2, -0.15) is 0 Å². The maximum absolute atomic E-state index is 13.3. The van der Waals surface area contributed by atoms with Crippen LogP contribution in [-0.4, -0.2) is 65.9 Å². The number of likely N-dealkylation sites (N-methyl/N-ethyl adjacent to an activating group) is 1. The molecule has 0 bridgehead atoms. The molecule has 8 heteroatoms. The summed E-state index contributed by atoms with van der Waals surface area (Å²) in [4.78, 5) is 45.8. The van der Waals surface area contributed by atoms with Crippen molar-refractivity contribution in [3.63, 3.8) is 0 Å². The standard InChI is InChI=1S/C24H27N3O5/c1-26-21(28)14-24(23(26)30,17-5-3-6-19(13-17)31-2)15-22(29)27-11-8-18(9-12-27)32-20-7-4-10-25-16-20/h3-7,10,13,16,18H,8-9,11-12,14-15H2,1-2H3. The van der Waals surface area contributed by atoms with E-state index in [-0.39, 0.29) is 36.7 Å². The van der Waals surface area contributed by atoms with E-state index >= 15 is 0 Å². The molecule has 2 aliphatic rings. The number of likely N-dealkylation sites (tertiary alicyclic amines) is 2. The van der Waals surface area contributed by atoms with E-state index < -0.39 is 5.41 Å². The van der Waals surface area contributed by atoms with Gasteiger partial charge in [0, 0.05) is 52.0 Å². The van der Waals surface area contributed by atoms with E-state index in [1.807, 2.05) is 12.1 Å². The van der Waals surface area contributed by atoms with Crippen LogP contribution < -0.4 is 9.47 Å². The Morgan fingerprint density at radius 3 is 2.53 bits per heavy atom. The predicted octanol–water partition coefficient (Wildman–Crippen LogP) is 2.18. The van der Waals surface area contributed by atoms with E-state index in [2.05, 4.69) is 4.98 Å². The first-order valence-electron chi connectivity index (χ1n) is 10.7. The summed E-state index contributed by atoms with van der Waals surface area (Å²) in [6.45, 7) is 1.08. The van der Waals surface area contributed by atoms with E-state index in [0.717, 1.165) is 4.90 Å². The number of ether oxygens (including phenoxy) is 2. The fourth-order valence-corrected chi connectivity index (χ4v) is 4.48. The minimum atomic E-state index is -1.21. The van der Waals surface area contributed by atoms with Gasteiger partial charge in [-0.25, -0.2) is 0 Å². The topological polar surface area (TPSA) is 89.0 Å². The lowest BCUT2D eigenvalue weighted by Crippen LogP contribution is -2.46. The Morgan fingerprint density at radius 2 is 1.91 bits per heavy atom. The SMILES string of the molecule is COc1cccc(C2(CC(=O)N3CCC(Oc4cccnc4)CC3)CC(=O)N(C)C2=O)c1. The molecule has 1 aromatic carbocycles. The highest BCUT2D eigenvalue weighted by molar-refractivity contribution is 6.10. The smallest absolute Gasteiger partial charge is 0.240 e. The molecule has 2 fully saturated rings. The van der Waals surface area contributed by atoms with Crippen molar-refractivity contribution in [3.8, 4) is 11.5 Å². The first-order chi connectivity index (χ1) is 15.4. The minimum Gasteiger partial charge on any atom is -0.497 e. The van der Waals surface area contributed by atoms with Gasteiger partial charge >= 0.3 is 0 Å². The third kappa shape index (κ3) is 4.17. The summed E-state index contributed by atoms with van der Waals surface area (Å²) in [7, 11) is 3.01. The van der Waals surface area contributed by atoms with Crippen LogP contribution in [0.1, 0.15) is 31.2 Å². The predicted molar refractivity (Wildman–Crippen MR) is 116 cm³/mol.